The molecule has 0 fully saturated rings. The van der Waals surface area contributed by atoms with E-state index in [-0.39, 0.29) is 12.6 Å². The highest BCUT2D eigenvalue weighted by Crippen LogP contribution is 2.19. The van der Waals surface area contributed by atoms with Gasteiger partial charge in [0.2, 0.25) is 0 Å². The van der Waals surface area contributed by atoms with E-state index < -0.39 is 0 Å². The SMILES string of the molecule is CCCCN(CCO)C(=O)Nc1cccc(SC)c1. The molecule has 0 saturated heterocycles. The highest BCUT2D eigenvalue weighted by atomic mass is 32.2. The quantitative estimate of drug-likeness (QED) is 0.756. The van der Waals surface area contributed by atoms with Crippen LogP contribution >= 0.6 is 11.8 Å². The molecule has 0 heterocycles. The first kappa shape index (κ1) is 15.9. The summed E-state index contributed by atoms with van der Waals surface area (Å²) >= 11 is 1.64. The Morgan fingerprint density at radius 3 is 2.84 bits per heavy atom. The predicted octanol–water partition coefficient (Wildman–Crippen LogP) is 3.03. The number of carbonyl (C=O) groups is 1. The molecule has 0 aliphatic rings. The van der Waals surface area contributed by atoms with Crippen LogP contribution in [0.5, 0.6) is 0 Å². The predicted molar refractivity (Wildman–Crippen MR) is 80.8 cm³/mol. The van der Waals surface area contributed by atoms with Gasteiger partial charge in [0.1, 0.15) is 0 Å². The molecule has 4 nitrogen and oxygen atoms in total. The molecular formula is C14H22N2O2S. The molecule has 2 amide bonds. The second kappa shape index (κ2) is 8.82. The van der Waals surface area contributed by atoms with Crippen molar-refractivity contribution in [1.29, 1.82) is 0 Å². The molecule has 2 N–H and O–H groups in total. The first-order valence-corrected chi connectivity index (χ1v) is 7.74. The van der Waals surface area contributed by atoms with Gasteiger partial charge in [-0.2, -0.15) is 0 Å². The van der Waals surface area contributed by atoms with Crippen molar-refractivity contribution in [2.45, 2.75) is 24.7 Å². The fraction of sp³-hybridized carbons (Fsp3) is 0.500. The van der Waals surface area contributed by atoms with Crippen molar-refractivity contribution in [2.24, 2.45) is 0 Å². The fourth-order valence-electron chi connectivity index (χ4n) is 1.69. The third-order valence-electron chi connectivity index (χ3n) is 2.76. The maximum atomic E-state index is 12.1. The topological polar surface area (TPSA) is 52.6 Å². The number of anilines is 1. The number of nitrogens with one attached hydrogen (secondary N) is 1. The second-order valence-corrected chi connectivity index (χ2v) is 5.11. The molecule has 1 aromatic rings. The lowest BCUT2D eigenvalue weighted by molar-refractivity contribution is 0.187. The molecule has 0 aromatic heterocycles. The van der Waals surface area contributed by atoms with Crippen LogP contribution in [0.3, 0.4) is 0 Å². The van der Waals surface area contributed by atoms with Crippen LogP contribution in [0, 0.1) is 0 Å². The van der Waals surface area contributed by atoms with Gasteiger partial charge < -0.3 is 15.3 Å². The van der Waals surface area contributed by atoms with Crippen LogP contribution in [0.2, 0.25) is 0 Å². The number of benzene rings is 1. The minimum absolute atomic E-state index is 0.0119. The number of rotatable bonds is 7. The summed E-state index contributed by atoms with van der Waals surface area (Å²) in [5, 5.41) is 11.9. The van der Waals surface area contributed by atoms with E-state index in [4.69, 9.17) is 5.11 Å². The lowest BCUT2D eigenvalue weighted by atomic mass is 10.3. The number of thioether (sulfide) groups is 1. The maximum Gasteiger partial charge on any atom is 0.321 e. The first-order chi connectivity index (χ1) is 9.21. The van der Waals surface area contributed by atoms with E-state index in [1.165, 1.54) is 0 Å². The van der Waals surface area contributed by atoms with Crippen molar-refractivity contribution in [3.8, 4) is 0 Å². The van der Waals surface area contributed by atoms with Crippen LogP contribution in [-0.4, -0.2) is 42.0 Å². The maximum absolute atomic E-state index is 12.1. The van der Waals surface area contributed by atoms with Crippen molar-refractivity contribution >= 4 is 23.5 Å². The van der Waals surface area contributed by atoms with Crippen LogP contribution < -0.4 is 5.32 Å². The van der Waals surface area contributed by atoms with Gasteiger partial charge in [0.25, 0.3) is 0 Å². The highest BCUT2D eigenvalue weighted by Gasteiger charge is 2.12. The van der Waals surface area contributed by atoms with E-state index >= 15 is 0 Å². The van der Waals surface area contributed by atoms with Crippen molar-refractivity contribution in [2.75, 3.05) is 31.3 Å². The van der Waals surface area contributed by atoms with E-state index in [2.05, 4.69) is 12.2 Å². The Bertz CT molecular complexity index is 399. The number of hydrogen-bond acceptors (Lipinski definition) is 3. The molecule has 0 saturated carbocycles. The van der Waals surface area contributed by atoms with E-state index in [0.29, 0.717) is 13.1 Å². The summed E-state index contributed by atoms with van der Waals surface area (Å²) in [6, 6.07) is 7.58. The Balaban J connectivity index is 2.63. The largest absolute Gasteiger partial charge is 0.395 e. The summed E-state index contributed by atoms with van der Waals surface area (Å²) < 4.78 is 0. The number of aliphatic hydroxyl groups is 1. The summed E-state index contributed by atoms with van der Waals surface area (Å²) in [4.78, 5) is 14.9. The Labute approximate surface area is 119 Å². The Hall–Kier alpha value is -1.20. The van der Waals surface area contributed by atoms with Crippen molar-refractivity contribution < 1.29 is 9.90 Å². The van der Waals surface area contributed by atoms with Crippen LogP contribution in [0.15, 0.2) is 29.2 Å². The van der Waals surface area contributed by atoms with E-state index in [0.717, 1.165) is 23.4 Å². The minimum Gasteiger partial charge on any atom is -0.395 e. The van der Waals surface area contributed by atoms with Crippen molar-refractivity contribution in [1.82, 2.24) is 4.90 Å². The molecule has 0 atom stereocenters. The Morgan fingerprint density at radius 2 is 2.21 bits per heavy atom. The average molecular weight is 282 g/mol. The molecule has 1 rings (SSSR count). The fourth-order valence-corrected chi connectivity index (χ4v) is 2.15. The summed E-state index contributed by atoms with van der Waals surface area (Å²) in [6.07, 6.45) is 3.97. The molecular weight excluding hydrogens is 260 g/mol. The zero-order valence-corrected chi connectivity index (χ0v) is 12.4. The first-order valence-electron chi connectivity index (χ1n) is 6.52. The van der Waals surface area contributed by atoms with E-state index in [9.17, 15) is 4.79 Å². The monoisotopic (exact) mass is 282 g/mol. The molecule has 1 aromatic carbocycles. The number of nitrogens with zero attached hydrogens (tertiary/aromatic N) is 1. The van der Waals surface area contributed by atoms with E-state index in [1.54, 1.807) is 16.7 Å². The van der Waals surface area contributed by atoms with Gasteiger partial charge in [0.15, 0.2) is 0 Å². The summed E-state index contributed by atoms with van der Waals surface area (Å²) in [5.74, 6) is 0. The minimum atomic E-state index is -0.152. The molecule has 0 spiro atoms. The van der Waals surface area contributed by atoms with Crippen LogP contribution in [0.1, 0.15) is 19.8 Å². The number of unbranched alkanes of at least 4 members (excludes halogenated alkanes) is 1. The normalized spacial score (nSPS) is 10.3. The Morgan fingerprint density at radius 1 is 1.42 bits per heavy atom. The van der Waals surface area contributed by atoms with Crippen LogP contribution in [-0.2, 0) is 0 Å². The zero-order valence-electron chi connectivity index (χ0n) is 11.6. The standard InChI is InChI=1S/C14H22N2O2S/c1-3-4-8-16(9-10-17)14(18)15-12-6-5-7-13(11-12)19-2/h5-7,11,17H,3-4,8-10H2,1-2H3,(H,15,18). The van der Waals surface area contributed by atoms with Crippen LogP contribution in [0.25, 0.3) is 0 Å². The summed E-state index contributed by atoms with van der Waals surface area (Å²) in [5.41, 5.74) is 0.788. The van der Waals surface area contributed by atoms with Crippen molar-refractivity contribution in [3.05, 3.63) is 24.3 Å². The number of amides is 2. The van der Waals surface area contributed by atoms with Crippen LogP contribution in [0.4, 0.5) is 10.5 Å². The van der Waals surface area contributed by atoms with Gasteiger partial charge in [-0.05, 0) is 30.9 Å². The number of aliphatic hydroxyl groups excluding tert-OH is 1. The van der Waals surface area contributed by atoms with E-state index in [1.807, 2.05) is 30.5 Å². The van der Waals surface area contributed by atoms with Crippen molar-refractivity contribution in [3.63, 3.8) is 0 Å². The molecule has 0 aliphatic heterocycles. The molecule has 5 heteroatoms. The highest BCUT2D eigenvalue weighted by molar-refractivity contribution is 7.98. The van der Waals surface area contributed by atoms with Gasteiger partial charge >= 0.3 is 6.03 Å². The average Bonchev–Trinajstić information content (AvgIpc) is 2.43. The summed E-state index contributed by atoms with van der Waals surface area (Å²) in [6.45, 7) is 3.11. The molecule has 0 aliphatic carbocycles. The van der Waals surface area contributed by atoms with Gasteiger partial charge in [-0.3, -0.25) is 0 Å². The lowest BCUT2D eigenvalue weighted by Crippen LogP contribution is -2.37. The molecule has 19 heavy (non-hydrogen) atoms. The third-order valence-corrected chi connectivity index (χ3v) is 3.49. The van der Waals surface area contributed by atoms with Gasteiger partial charge in [-0.15, -0.1) is 11.8 Å². The lowest BCUT2D eigenvalue weighted by Gasteiger charge is -2.22. The molecule has 0 unspecified atom stereocenters. The number of hydrogen-bond donors (Lipinski definition) is 2. The van der Waals surface area contributed by atoms with Gasteiger partial charge in [-0.1, -0.05) is 19.4 Å². The van der Waals surface area contributed by atoms with Gasteiger partial charge in [0, 0.05) is 23.7 Å². The molecule has 0 bridgehead atoms. The summed E-state index contributed by atoms with van der Waals surface area (Å²) in [7, 11) is 0. The molecule has 0 radical (unpaired) electrons. The molecule has 106 valence electrons. The third kappa shape index (κ3) is 5.53. The zero-order chi connectivity index (χ0) is 14.1. The number of carbonyl (C=O) groups excluding carboxylic acids is 1. The van der Waals surface area contributed by atoms with Gasteiger partial charge in [0.05, 0.1) is 6.61 Å². The number of urea groups is 1. The Kier molecular flexibility index (Phi) is 7.36. The van der Waals surface area contributed by atoms with Gasteiger partial charge in [-0.25, -0.2) is 4.79 Å². The smallest absolute Gasteiger partial charge is 0.321 e. The second-order valence-electron chi connectivity index (χ2n) is 4.23.